The number of fused-ring (bicyclic) bond motifs is 1. The lowest BCUT2D eigenvalue weighted by molar-refractivity contribution is -0.183. The van der Waals surface area contributed by atoms with Crippen molar-refractivity contribution >= 4 is 35.8 Å². The van der Waals surface area contributed by atoms with Gasteiger partial charge in [-0.25, -0.2) is 0 Å². The highest BCUT2D eigenvalue weighted by atomic mass is 127. The Bertz CT molecular complexity index is 772. The number of guanidine groups is 1. The number of nitrogens with one attached hydrogen (secondary N) is 2. The molecule has 5 nitrogen and oxygen atoms in total. The van der Waals surface area contributed by atoms with Crippen molar-refractivity contribution in [1.82, 2.24) is 15.5 Å². The van der Waals surface area contributed by atoms with E-state index < -0.39 is 12.1 Å². The first-order valence-electron chi connectivity index (χ1n) is 11.3. The van der Waals surface area contributed by atoms with Gasteiger partial charge in [0.05, 0.1) is 5.92 Å². The molecule has 0 bridgehead atoms. The third-order valence-electron chi connectivity index (χ3n) is 6.12. The molecular weight excluding hydrogens is 532 g/mol. The summed E-state index contributed by atoms with van der Waals surface area (Å²) in [7, 11) is 0. The minimum Gasteiger partial charge on any atom is -0.357 e. The van der Waals surface area contributed by atoms with Crippen LogP contribution < -0.4 is 10.6 Å². The fourth-order valence-corrected chi connectivity index (χ4v) is 4.42. The Morgan fingerprint density at radius 1 is 1.22 bits per heavy atom. The number of carbonyl (C=O) groups excluding carboxylic acids is 1. The van der Waals surface area contributed by atoms with Crippen LogP contribution in [0.3, 0.4) is 0 Å². The van der Waals surface area contributed by atoms with Gasteiger partial charge in [-0.2, -0.15) is 13.2 Å². The minimum absolute atomic E-state index is 0. The molecule has 0 saturated heterocycles. The molecule has 1 saturated carbocycles. The highest BCUT2D eigenvalue weighted by Gasteiger charge is 2.42. The zero-order chi connectivity index (χ0) is 22.3. The summed E-state index contributed by atoms with van der Waals surface area (Å²) >= 11 is 0. The summed E-state index contributed by atoms with van der Waals surface area (Å²) in [5, 5.41) is 6.27. The molecule has 2 aliphatic rings. The minimum atomic E-state index is -4.13. The van der Waals surface area contributed by atoms with Gasteiger partial charge in [0.15, 0.2) is 5.96 Å². The van der Waals surface area contributed by atoms with Gasteiger partial charge in [-0.1, -0.05) is 30.7 Å². The van der Waals surface area contributed by atoms with Crippen LogP contribution >= 0.6 is 24.0 Å². The first-order valence-corrected chi connectivity index (χ1v) is 11.3. The summed E-state index contributed by atoms with van der Waals surface area (Å²) in [6.45, 7) is 4.42. The number of benzene rings is 1. The second-order valence-electron chi connectivity index (χ2n) is 8.44. The number of alkyl halides is 3. The first kappa shape index (κ1) is 26.7. The molecule has 2 N–H and O–H groups in total. The van der Waals surface area contributed by atoms with E-state index in [1.807, 2.05) is 24.0 Å². The SMILES string of the molecule is CCNC(=NCCCC(=O)N1CCc2ccccc2C1)NC1CCCC(C(F)(F)F)C1.I. The Labute approximate surface area is 205 Å². The zero-order valence-corrected chi connectivity index (χ0v) is 20.9. The van der Waals surface area contributed by atoms with Crippen LogP contribution in [0.5, 0.6) is 0 Å². The highest BCUT2D eigenvalue weighted by molar-refractivity contribution is 14.0. The molecule has 0 aromatic heterocycles. The largest absolute Gasteiger partial charge is 0.391 e. The number of aliphatic imine (C=N–C) groups is 1. The van der Waals surface area contributed by atoms with Crippen LogP contribution in [0.15, 0.2) is 29.3 Å². The normalized spacial score (nSPS) is 21.4. The van der Waals surface area contributed by atoms with Crippen molar-refractivity contribution in [2.45, 2.75) is 70.6 Å². The van der Waals surface area contributed by atoms with E-state index in [4.69, 9.17) is 0 Å². The molecule has 3 rings (SSSR count). The first-order chi connectivity index (χ1) is 14.9. The van der Waals surface area contributed by atoms with E-state index in [9.17, 15) is 18.0 Å². The number of halogens is 4. The lowest BCUT2D eigenvalue weighted by atomic mass is 9.85. The van der Waals surface area contributed by atoms with Crippen LogP contribution in [0, 0.1) is 5.92 Å². The molecule has 1 fully saturated rings. The van der Waals surface area contributed by atoms with Gasteiger partial charge < -0.3 is 15.5 Å². The van der Waals surface area contributed by atoms with Gasteiger partial charge in [0, 0.05) is 38.6 Å². The second kappa shape index (κ2) is 12.6. The highest BCUT2D eigenvalue weighted by Crippen LogP contribution is 2.37. The summed E-state index contributed by atoms with van der Waals surface area (Å²) < 4.78 is 39.2. The summed E-state index contributed by atoms with van der Waals surface area (Å²) in [5.74, 6) is -0.577. The molecule has 1 aromatic carbocycles. The van der Waals surface area contributed by atoms with E-state index in [1.54, 1.807) is 0 Å². The van der Waals surface area contributed by atoms with Crippen LogP contribution in [0.1, 0.15) is 56.6 Å². The van der Waals surface area contributed by atoms with E-state index in [2.05, 4.69) is 27.8 Å². The van der Waals surface area contributed by atoms with Crippen molar-refractivity contribution in [3.05, 3.63) is 35.4 Å². The monoisotopic (exact) mass is 566 g/mol. The average Bonchev–Trinajstić information content (AvgIpc) is 2.76. The van der Waals surface area contributed by atoms with Gasteiger partial charge in [-0.3, -0.25) is 9.79 Å². The van der Waals surface area contributed by atoms with Gasteiger partial charge in [-0.15, -0.1) is 24.0 Å². The quantitative estimate of drug-likeness (QED) is 0.228. The lowest BCUT2D eigenvalue weighted by Crippen LogP contribution is -2.46. The number of amides is 1. The van der Waals surface area contributed by atoms with E-state index >= 15 is 0 Å². The molecule has 1 aliphatic heterocycles. The van der Waals surface area contributed by atoms with Gasteiger partial charge in [0.25, 0.3) is 0 Å². The number of rotatable bonds is 6. The maximum atomic E-state index is 13.1. The van der Waals surface area contributed by atoms with Crippen LogP contribution in [0.2, 0.25) is 0 Å². The molecule has 0 radical (unpaired) electrons. The molecule has 2 unspecified atom stereocenters. The Kier molecular flexibility index (Phi) is 10.6. The summed E-state index contributed by atoms with van der Waals surface area (Å²) in [5.41, 5.74) is 2.52. The Morgan fingerprint density at radius 3 is 2.69 bits per heavy atom. The summed E-state index contributed by atoms with van der Waals surface area (Å²) in [6, 6.07) is 7.99. The smallest absolute Gasteiger partial charge is 0.357 e. The van der Waals surface area contributed by atoms with Gasteiger partial charge in [0.1, 0.15) is 0 Å². The maximum Gasteiger partial charge on any atom is 0.391 e. The molecule has 1 aromatic rings. The van der Waals surface area contributed by atoms with Crippen molar-refractivity contribution in [2.24, 2.45) is 10.9 Å². The number of hydrogen-bond acceptors (Lipinski definition) is 2. The van der Waals surface area contributed by atoms with Crippen molar-refractivity contribution < 1.29 is 18.0 Å². The van der Waals surface area contributed by atoms with Crippen molar-refractivity contribution in [3.63, 3.8) is 0 Å². The van der Waals surface area contributed by atoms with Crippen LogP contribution in [0.4, 0.5) is 13.2 Å². The van der Waals surface area contributed by atoms with E-state index in [0.29, 0.717) is 51.3 Å². The standard InChI is InChI=1S/C23H33F3N4O.HI/c1-2-27-22(29-20-10-5-9-19(15-20)23(24,25)26)28-13-6-11-21(31)30-14-12-17-7-3-4-8-18(17)16-30;/h3-4,7-8,19-20H,2,5-6,9-16H2,1H3,(H2,27,28,29);1H. The molecule has 0 spiro atoms. The average molecular weight is 566 g/mol. The van der Waals surface area contributed by atoms with Gasteiger partial charge in [0.2, 0.25) is 5.91 Å². The molecule has 9 heteroatoms. The Hall–Kier alpha value is -1.52. The van der Waals surface area contributed by atoms with Crippen LogP contribution in [-0.2, 0) is 17.8 Å². The molecular formula is C23H34F3IN4O. The van der Waals surface area contributed by atoms with Crippen molar-refractivity contribution in [2.75, 3.05) is 19.6 Å². The number of carbonyl (C=O) groups is 1. The fourth-order valence-electron chi connectivity index (χ4n) is 4.42. The molecule has 1 aliphatic carbocycles. The molecule has 1 amide bonds. The summed E-state index contributed by atoms with van der Waals surface area (Å²) in [4.78, 5) is 19.0. The van der Waals surface area contributed by atoms with E-state index in [0.717, 1.165) is 13.0 Å². The van der Waals surface area contributed by atoms with E-state index in [1.165, 1.54) is 11.1 Å². The maximum absolute atomic E-state index is 13.1. The van der Waals surface area contributed by atoms with Crippen molar-refractivity contribution in [1.29, 1.82) is 0 Å². The lowest BCUT2D eigenvalue weighted by Gasteiger charge is -2.32. The van der Waals surface area contributed by atoms with E-state index in [-0.39, 0.29) is 48.8 Å². The van der Waals surface area contributed by atoms with Crippen LogP contribution in [0.25, 0.3) is 0 Å². The number of hydrogen-bond donors (Lipinski definition) is 2. The Morgan fingerprint density at radius 2 is 1.97 bits per heavy atom. The number of nitrogens with zero attached hydrogens (tertiary/aromatic N) is 2. The van der Waals surface area contributed by atoms with Gasteiger partial charge in [-0.05, 0) is 50.2 Å². The predicted octanol–water partition coefficient (Wildman–Crippen LogP) is 4.65. The topological polar surface area (TPSA) is 56.7 Å². The van der Waals surface area contributed by atoms with Crippen LogP contribution in [-0.4, -0.2) is 48.6 Å². The second-order valence-corrected chi connectivity index (χ2v) is 8.44. The van der Waals surface area contributed by atoms with Gasteiger partial charge >= 0.3 is 6.18 Å². The molecule has 2 atom stereocenters. The fraction of sp³-hybridized carbons (Fsp3) is 0.652. The molecule has 180 valence electrons. The molecule has 1 heterocycles. The summed E-state index contributed by atoms with van der Waals surface area (Å²) in [6.07, 6.45) is -0.643. The van der Waals surface area contributed by atoms with Crippen molar-refractivity contribution in [3.8, 4) is 0 Å². The third kappa shape index (κ3) is 7.81. The molecule has 32 heavy (non-hydrogen) atoms. The third-order valence-corrected chi connectivity index (χ3v) is 6.12. The Balaban J connectivity index is 0.00000363. The predicted molar refractivity (Wildman–Crippen MR) is 131 cm³/mol. The zero-order valence-electron chi connectivity index (χ0n) is 18.6.